The molecule has 3 atom stereocenters. The van der Waals surface area contributed by atoms with E-state index in [1.807, 2.05) is 0 Å². The number of esters is 1. The van der Waals surface area contributed by atoms with E-state index in [0.717, 1.165) is 4.90 Å². The molecular weight excluding hydrogens is 470 g/mol. The Labute approximate surface area is 205 Å². The molecule has 3 aromatic carbocycles. The zero-order chi connectivity index (χ0) is 25.6. The Kier molecular flexibility index (Phi) is 5.80. The number of amides is 2. The fourth-order valence-electron chi connectivity index (χ4n) is 5.34. The van der Waals surface area contributed by atoms with E-state index in [0.29, 0.717) is 22.6 Å². The fourth-order valence-corrected chi connectivity index (χ4v) is 5.34. The van der Waals surface area contributed by atoms with Crippen LogP contribution in [-0.4, -0.2) is 38.0 Å². The second kappa shape index (κ2) is 8.83. The normalized spacial score (nSPS) is 22.4. The Balaban J connectivity index is 1.73. The number of halogens is 2. The molecule has 2 aliphatic heterocycles. The van der Waals surface area contributed by atoms with Gasteiger partial charge < -0.3 is 9.47 Å². The number of carbonyl (C=O) groups excluding carboxylic acids is 3. The van der Waals surface area contributed by atoms with Crippen molar-refractivity contribution in [1.82, 2.24) is 5.32 Å². The first-order valence-corrected chi connectivity index (χ1v) is 11.2. The average molecular weight is 492 g/mol. The molecule has 0 spiro atoms. The Morgan fingerprint density at radius 3 is 1.83 bits per heavy atom. The van der Waals surface area contributed by atoms with Crippen molar-refractivity contribution in [1.29, 1.82) is 0 Å². The third-order valence-corrected chi connectivity index (χ3v) is 6.94. The number of nitrogens with zero attached hydrogens (tertiary/aromatic N) is 1. The topological polar surface area (TPSA) is 84.9 Å². The zero-order valence-corrected chi connectivity index (χ0v) is 19.4. The minimum absolute atomic E-state index is 0.316. The summed E-state index contributed by atoms with van der Waals surface area (Å²) in [6.45, 7) is 0. The summed E-state index contributed by atoms with van der Waals surface area (Å²) in [6, 6.07) is 16.0. The average Bonchev–Trinajstić information content (AvgIpc) is 3.39. The molecular formula is C27H22F2N2O5. The quantitative estimate of drug-likeness (QED) is 0.435. The number of methoxy groups -OCH3 is 2. The number of hydrogen-bond donors (Lipinski definition) is 1. The summed E-state index contributed by atoms with van der Waals surface area (Å²) in [4.78, 5) is 41.7. The molecule has 9 heteroatoms. The zero-order valence-electron chi connectivity index (χ0n) is 19.4. The van der Waals surface area contributed by atoms with Crippen LogP contribution in [0.3, 0.4) is 0 Å². The maximum Gasteiger partial charge on any atom is 0.323 e. The molecule has 2 fully saturated rings. The van der Waals surface area contributed by atoms with Crippen molar-refractivity contribution in [3.63, 3.8) is 0 Å². The highest BCUT2D eigenvalue weighted by Crippen LogP contribution is 2.52. The molecule has 36 heavy (non-hydrogen) atoms. The first-order valence-electron chi connectivity index (χ1n) is 11.2. The lowest BCUT2D eigenvalue weighted by Crippen LogP contribution is -2.52. The van der Waals surface area contributed by atoms with Crippen molar-refractivity contribution in [3.8, 4) is 5.75 Å². The van der Waals surface area contributed by atoms with Gasteiger partial charge in [-0.1, -0.05) is 24.3 Å². The molecule has 0 aromatic heterocycles. The van der Waals surface area contributed by atoms with Crippen LogP contribution >= 0.6 is 0 Å². The monoisotopic (exact) mass is 492 g/mol. The number of carbonyl (C=O) groups is 3. The summed E-state index contributed by atoms with van der Waals surface area (Å²) in [5.41, 5.74) is -0.251. The Bertz CT molecular complexity index is 1280. The lowest BCUT2D eigenvalue weighted by molar-refractivity contribution is -0.145. The summed E-state index contributed by atoms with van der Waals surface area (Å²) < 4.78 is 37.9. The molecule has 0 radical (unpaired) electrons. The third-order valence-electron chi connectivity index (χ3n) is 6.94. The smallest absolute Gasteiger partial charge is 0.323 e. The fraction of sp³-hybridized carbons (Fsp3) is 0.222. The maximum absolute atomic E-state index is 14.0. The van der Waals surface area contributed by atoms with Gasteiger partial charge in [0.15, 0.2) is 0 Å². The Morgan fingerprint density at radius 1 is 0.833 bits per heavy atom. The molecule has 7 nitrogen and oxygen atoms in total. The maximum atomic E-state index is 14.0. The van der Waals surface area contributed by atoms with Crippen LogP contribution in [0.25, 0.3) is 0 Å². The van der Waals surface area contributed by atoms with Gasteiger partial charge in [-0.05, 0) is 59.7 Å². The molecule has 5 rings (SSSR count). The highest BCUT2D eigenvalue weighted by molar-refractivity contribution is 6.24. The van der Waals surface area contributed by atoms with Gasteiger partial charge in [-0.15, -0.1) is 0 Å². The molecule has 2 heterocycles. The molecule has 2 amide bonds. The van der Waals surface area contributed by atoms with E-state index in [2.05, 4.69) is 5.32 Å². The Morgan fingerprint density at radius 2 is 1.36 bits per heavy atom. The van der Waals surface area contributed by atoms with Gasteiger partial charge in [-0.3, -0.25) is 19.7 Å². The molecule has 3 aromatic rings. The second-order valence-corrected chi connectivity index (χ2v) is 8.68. The summed E-state index contributed by atoms with van der Waals surface area (Å²) in [5.74, 6) is -4.55. The van der Waals surface area contributed by atoms with Gasteiger partial charge in [0.25, 0.3) is 0 Å². The number of anilines is 1. The molecule has 2 aliphatic rings. The predicted octanol–water partition coefficient (Wildman–Crippen LogP) is 3.17. The number of benzene rings is 3. The number of imide groups is 1. The summed E-state index contributed by atoms with van der Waals surface area (Å²) in [5, 5.41) is 3.17. The van der Waals surface area contributed by atoms with E-state index in [9.17, 15) is 23.2 Å². The van der Waals surface area contributed by atoms with Gasteiger partial charge in [0.05, 0.1) is 37.3 Å². The van der Waals surface area contributed by atoms with Gasteiger partial charge in [-0.2, -0.15) is 0 Å². The van der Waals surface area contributed by atoms with Crippen molar-refractivity contribution in [2.75, 3.05) is 19.1 Å². The summed E-state index contributed by atoms with van der Waals surface area (Å²) in [7, 11) is 2.69. The van der Waals surface area contributed by atoms with Crippen LogP contribution in [0, 0.1) is 23.5 Å². The molecule has 0 bridgehead atoms. The SMILES string of the molecule is COC(=O)[C@@H]1NC(c2ccc(F)cc2)(c2ccc(F)cc2)[C@@H]2C(=O)N(c3ccc(OC)cc3)C(=O)[C@H]21. The molecule has 0 unspecified atom stereocenters. The van der Waals surface area contributed by atoms with E-state index in [-0.39, 0.29) is 0 Å². The van der Waals surface area contributed by atoms with Crippen molar-refractivity contribution in [2.24, 2.45) is 11.8 Å². The van der Waals surface area contributed by atoms with Crippen LogP contribution in [0.4, 0.5) is 14.5 Å². The largest absolute Gasteiger partial charge is 0.497 e. The first-order chi connectivity index (χ1) is 17.3. The van der Waals surface area contributed by atoms with Crippen LogP contribution in [0.2, 0.25) is 0 Å². The van der Waals surface area contributed by atoms with Gasteiger partial charge in [0.1, 0.15) is 23.4 Å². The highest BCUT2D eigenvalue weighted by atomic mass is 19.1. The van der Waals surface area contributed by atoms with Crippen molar-refractivity contribution in [3.05, 3.63) is 95.6 Å². The van der Waals surface area contributed by atoms with E-state index < -0.39 is 52.8 Å². The van der Waals surface area contributed by atoms with E-state index in [4.69, 9.17) is 9.47 Å². The van der Waals surface area contributed by atoms with Crippen LogP contribution in [0.1, 0.15) is 11.1 Å². The molecule has 0 saturated carbocycles. The van der Waals surface area contributed by atoms with Gasteiger partial charge >= 0.3 is 5.97 Å². The Hall–Kier alpha value is -4.11. The van der Waals surface area contributed by atoms with Gasteiger partial charge in [0, 0.05) is 0 Å². The number of ether oxygens (including phenoxy) is 2. The predicted molar refractivity (Wildman–Crippen MR) is 125 cm³/mol. The van der Waals surface area contributed by atoms with Crippen LogP contribution in [0.5, 0.6) is 5.75 Å². The van der Waals surface area contributed by atoms with E-state index in [1.165, 1.54) is 62.8 Å². The number of rotatable bonds is 5. The lowest BCUT2D eigenvalue weighted by atomic mass is 9.71. The standard InChI is InChI=1S/C27H22F2N2O5/c1-35-20-13-11-19(12-14-20)31-24(32)21-22(25(31)33)27(30-23(21)26(34)36-2,15-3-7-17(28)8-4-15)16-5-9-18(29)10-6-16/h3-14,21-23,30H,1-2H3/t21-,22+,23-/m1/s1. The van der Waals surface area contributed by atoms with Crippen LogP contribution in [-0.2, 0) is 24.7 Å². The third kappa shape index (κ3) is 3.46. The minimum Gasteiger partial charge on any atom is -0.497 e. The molecule has 184 valence electrons. The minimum atomic E-state index is -1.45. The number of fused-ring (bicyclic) bond motifs is 1. The van der Waals surface area contributed by atoms with Gasteiger partial charge in [0.2, 0.25) is 11.8 Å². The second-order valence-electron chi connectivity index (χ2n) is 8.68. The van der Waals surface area contributed by atoms with E-state index in [1.54, 1.807) is 24.3 Å². The first kappa shape index (κ1) is 23.6. The molecule has 0 aliphatic carbocycles. The highest BCUT2D eigenvalue weighted by Gasteiger charge is 2.68. The van der Waals surface area contributed by atoms with Crippen LogP contribution < -0.4 is 15.0 Å². The van der Waals surface area contributed by atoms with Gasteiger partial charge in [-0.25, -0.2) is 13.7 Å². The number of nitrogens with one attached hydrogen (secondary N) is 1. The van der Waals surface area contributed by atoms with Crippen LogP contribution in [0.15, 0.2) is 72.8 Å². The van der Waals surface area contributed by atoms with Crippen molar-refractivity contribution >= 4 is 23.5 Å². The lowest BCUT2D eigenvalue weighted by Gasteiger charge is -2.36. The van der Waals surface area contributed by atoms with Crippen molar-refractivity contribution < 1.29 is 32.6 Å². The molecule has 1 N–H and O–H groups in total. The summed E-state index contributed by atoms with van der Waals surface area (Å²) >= 11 is 0. The summed E-state index contributed by atoms with van der Waals surface area (Å²) in [6.07, 6.45) is 0. The van der Waals surface area contributed by atoms with Crippen molar-refractivity contribution in [2.45, 2.75) is 11.6 Å². The molecule has 2 saturated heterocycles. The number of hydrogen-bond acceptors (Lipinski definition) is 6. The van der Waals surface area contributed by atoms with E-state index >= 15 is 0 Å².